The average molecular weight is 386 g/mol. The maximum atomic E-state index is 12.7. The maximum absolute atomic E-state index is 12.7. The van der Waals surface area contributed by atoms with Crippen LogP contribution in [0, 0.1) is 0 Å². The molecule has 1 aromatic carbocycles. The lowest BCUT2D eigenvalue weighted by atomic mass is 10.1. The van der Waals surface area contributed by atoms with E-state index in [9.17, 15) is 4.79 Å². The molecular formula is C21H27N3O2S. The monoisotopic (exact) mass is 385 g/mol. The molecule has 144 valence electrons. The van der Waals surface area contributed by atoms with Gasteiger partial charge in [-0.15, -0.1) is 11.3 Å². The molecule has 0 aliphatic heterocycles. The van der Waals surface area contributed by atoms with Crippen molar-refractivity contribution in [1.82, 2.24) is 14.3 Å². The van der Waals surface area contributed by atoms with E-state index in [1.807, 2.05) is 52.1 Å². The molecule has 0 radical (unpaired) electrons. The van der Waals surface area contributed by atoms with E-state index in [0.717, 1.165) is 53.6 Å². The fourth-order valence-corrected chi connectivity index (χ4v) is 4.02. The molecule has 0 N–H and O–H groups in total. The topological polar surface area (TPSA) is 46.8 Å². The molecular weight excluding hydrogens is 358 g/mol. The molecule has 3 rings (SSSR count). The SMILES string of the molecule is CCCN(CCC)C(=O)Cc1csc2nc(-c3ccc(OCC)cc3)cn12. The number of carbonyl (C=O) groups excluding carboxylic acids is 1. The first-order valence-corrected chi connectivity index (χ1v) is 10.5. The summed E-state index contributed by atoms with van der Waals surface area (Å²) in [6.45, 7) is 8.49. The number of amides is 1. The molecule has 0 bridgehead atoms. The van der Waals surface area contributed by atoms with Crippen LogP contribution in [0.25, 0.3) is 16.2 Å². The van der Waals surface area contributed by atoms with E-state index < -0.39 is 0 Å². The number of aromatic nitrogens is 2. The molecule has 2 heterocycles. The number of hydrogen-bond donors (Lipinski definition) is 0. The summed E-state index contributed by atoms with van der Waals surface area (Å²) in [5.41, 5.74) is 2.96. The molecule has 0 aliphatic carbocycles. The van der Waals surface area contributed by atoms with E-state index in [1.54, 1.807) is 11.3 Å². The van der Waals surface area contributed by atoms with Crippen LogP contribution in [0.2, 0.25) is 0 Å². The Balaban J connectivity index is 1.79. The Morgan fingerprint density at radius 3 is 2.48 bits per heavy atom. The Bertz CT molecular complexity index is 877. The van der Waals surface area contributed by atoms with E-state index in [-0.39, 0.29) is 5.91 Å². The van der Waals surface area contributed by atoms with Crippen molar-refractivity contribution in [2.75, 3.05) is 19.7 Å². The van der Waals surface area contributed by atoms with Gasteiger partial charge in [0.2, 0.25) is 5.91 Å². The summed E-state index contributed by atoms with van der Waals surface area (Å²) >= 11 is 1.58. The van der Waals surface area contributed by atoms with E-state index in [2.05, 4.69) is 13.8 Å². The quantitative estimate of drug-likeness (QED) is 0.538. The van der Waals surface area contributed by atoms with Crippen LogP contribution in [0.3, 0.4) is 0 Å². The third-order valence-corrected chi connectivity index (χ3v) is 5.31. The number of carbonyl (C=O) groups is 1. The average Bonchev–Trinajstić information content (AvgIpc) is 3.24. The normalized spacial score (nSPS) is 11.1. The lowest BCUT2D eigenvalue weighted by Crippen LogP contribution is -2.33. The molecule has 0 spiro atoms. The molecule has 0 saturated carbocycles. The van der Waals surface area contributed by atoms with Crippen molar-refractivity contribution in [2.24, 2.45) is 0 Å². The van der Waals surface area contributed by atoms with Crippen molar-refractivity contribution >= 4 is 22.2 Å². The van der Waals surface area contributed by atoms with Gasteiger partial charge in [-0.2, -0.15) is 0 Å². The van der Waals surface area contributed by atoms with Crippen molar-refractivity contribution in [1.29, 1.82) is 0 Å². The van der Waals surface area contributed by atoms with Gasteiger partial charge in [0.05, 0.1) is 18.7 Å². The highest BCUT2D eigenvalue weighted by Crippen LogP contribution is 2.25. The third-order valence-electron chi connectivity index (χ3n) is 4.42. The molecule has 2 aromatic heterocycles. The smallest absolute Gasteiger partial charge is 0.228 e. The fraction of sp³-hybridized carbons (Fsp3) is 0.429. The van der Waals surface area contributed by atoms with E-state index in [0.29, 0.717) is 13.0 Å². The predicted octanol–water partition coefficient (Wildman–Crippen LogP) is 4.65. The zero-order chi connectivity index (χ0) is 19.2. The molecule has 27 heavy (non-hydrogen) atoms. The molecule has 6 heteroatoms. The van der Waals surface area contributed by atoms with Gasteiger partial charge in [-0.3, -0.25) is 9.20 Å². The second-order valence-electron chi connectivity index (χ2n) is 6.52. The second kappa shape index (κ2) is 9.04. The summed E-state index contributed by atoms with van der Waals surface area (Å²) < 4.78 is 7.55. The van der Waals surface area contributed by atoms with Gasteiger partial charge in [-0.1, -0.05) is 13.8 Å². The largest absolute Gasteiger partial charge is 0.494 e. The van der Waals surface area contributed by atoms with Gasteiger partial charge in [-0.25, -0.2) is 4.98 Å². The van der Waals surface area contributed by atoms with E-state index in [4.69, 9.17) is 9.72 Å². The van der Waals surface area contributed by atoms with Crippen molar-refractivity contribution < 1.29 is 9.53 Å². The van der Waals surface area contributed by atoms with Gasteiger partial charge in [0.25, 0.3) is 0 Å². The number of hydrogen-bond acceptors (Lipinski definition) is 4. The minimum absolute atomic E-state index is 0.190. The highest BCUT2D eigenvalue weighted by Gasteiger charge is 2.16. The van der Waals surface area contributed by atoms with Crippen molar-refractivity contribution in [2.45, 2.75) is 40.0 Å². The lowest BCUT2D eigenvalue weighted by molar-refractivity contribution is -0.130. The van der Waals surface area contributed by atoms with E-state index >= 15 is 0 Å². The molecule has 0 saturated heterocycles. The van der Waals surface area contributed by atoms with Crippen LogP contribution < -0.4 is 4.74 Å². The molecule has 0 aliphatic rings. The van der Waals surface area contributed by atoms with Crippen LogP contribution in [-0.2, 0) is 11.2 Å². The van der Waals surface area contributed by atoms with E-state index in [1.165, 1.54) is 0 Å². The number of ether oxygens (including phenoxy) is 1. The third kappa shape index (κ3) is 4.50. The predicted molar refractivity (Wildman–Crippen MR) is 111 cm³/mol. The Labute approximate surface area is 164 Å². The van der Waals surface area contributed by atoms with Gasteiger partial charge in [-0.05, 0) is 44.0 Å². The molecule has 1 amide bonds. The molecule has 5 nitrogen and oxygen atoms in total. The Kier molecular flexibility index (Phi) is 6.50. The van der Waals surface area contributed by atoms with Crippen molar-refractivity contribution in [3.8, 4) is 17.0 Å². The van der Waals surface area contributed by atoms with Gasteiger partial charge >= 0.3 is 0 Å². The molecule has 0 atom stereocenters. The number of fused-ring (bicyclic) bond motifs is 1. The van der Waals surface area contributed by atoms with Crippen LogP contribution in [0.5, 0.6) is 5.75 Å². The number of imidazole rings is 1. The first-order chi connectivity index (χ1) is 13.2. The maximum Gasteiger partial charge on any atom is 0.228 e. The summed E-state index contributed by atoms with van der Waals surface area (Å²) in [6, 6.07) is 7.97. The van der Waals surface area contributed by atoms with Crippen LogP contribution >= 0.6 is 11.3 Å². The lowest BCUT2D eigenvalue weighted by Gasteiger charge is -2.21. The zero-order valence-electron chi connectivity index (χ0n) is 16.3. The van der Waals surface area contributed by atoms with Gasteiger partial charge < -0.3 is 9.64 Å². The molecule has 0 fully saturated rings. The summed E-state index contributed by atoms with van der Waals surface area (Å²) in [6.07, 6.45) is 4.41. The first-order valence-electron chi connectivity index (χ1n) is 9.62. The van der Waals surface area contributed by atoms with Crippen LogP contribution in [0.1, 0.15) is 39.3 Å². The minimum Gasteiger partial charge on any atom is -0.494 e. The number of benzene rings is 1. The summed E-state index contributed by atoms with van der Waals surface area (Å²) in [4.78, 5) is 20.3. The fourth-order valence-electron chi connectivity index (χ4n) is 3.15. The number of thiazole rings is 1. The highest BCUT2D eigenvalue weighted by molar-refractivity contribution is 7.15. The van der Waals surface area contributed by atoms with Crippen molar-refractivity contribution in [3.63, 3.8) is 0 Å². The highest BCUT2D eigenvalue weighted by atomic mass is 32.1. The van der Waals surface area contributed by atoms with Gasteiger partial charge in [0.1, 0.15) is 5.75 Å². The van der Waals surface area contributed by atoms with Crippen LogP contribution in [-0.4, -0.2) is 39.9 Å². The second-order valence-corrected chi connectivity index (χ2v) is 7.36. The molecule has 3 aromatic rings. The van der Waals surface area contributed by atoms with Crippen molar-refractivity contribution in [3.05, 3.63) is 41.5 Å². The Morgan fingerprint density at radius 1 is 1.15 bits per heavy atom. The molecule has 0 unspecified atom stereocenters. The Hall–Kier alpha value is -2.34. The minimum atomic E-state index is 0.190. The summed E-state index contributed by atoms with van der Waals surface area (Å²) in [5, 5.41) is 2.04. The van der Waals surface area contributed by atoms with Crippen LogP contribution in [0.4, 0.5) is 0 Å². The van der Waals surface area contributed by atoms with Gasteiger partial charge in [0.15, 0.2) is 4.96 Å². The van der Waals surface area contributed by atoms with Gasteiger partial charge in [0, 0.05) is 35.9 Å². The Morgan fingerprint density at radius 2 is 1.85 bits per heavy atom. The summed E-state index contributed by atoms with van der Waals surface area (Å²) in [7, 11) is 0. The summed E-state index contributed by atoms with van der Waals surface area (Å²) in [5.74, 6) is 1.05. The first kappa shape index (κ1) is 19.4. The number of rotatable bonds is 9. The number of nitrogens with zero attached hydrogens (tertiary/aromatic N) is 3. The standard InChI is InChI=1S/C21H27N3O2S/c1-4-11-23(12-5-2)20(25)13-17-15-27-21-22-19(14-24(17)21)16-7-9-18(10-8-16)26-6-3/h7-10,14-15H,4-6,11-13H2,1-3H3. The zero-order valence-corrected chi connectivity index (χ0v) is 17.1. The van der Waals surface area contributed by atoms with Crippen LogP contribution in [0.15, 0.2) is 35.8 Å².